The monoisotopic (exact) mass is 471 g/mol. The van der Waals surface area contributed by atoms with E-state index in [1.807, 2.05) is 37.4 Å². The van der Waals surface area contributed by atoms with E-state index in [0.29, 0.717) is 43.4 Å². The molecule has 8 heteroatoms. The standard InChI is InChI=1S/C25H30ClN3O4/c1-19-27-9-11-29(19)12-13-32-22-6-2-4-20(14-22)16-28-10-8-24(30)25(31,17-28)18-33-23-7-3-5-21(26)15-23/h2-7,9,11,14-15,24,30-31H,8,10,12-13,16-18H2,1H3/t24-,25-/m0/s1. The lowest BCUT2D eigenvalue weighted by atomic mass is 9.90. The molecule has 1 aromatic heterocycles. The van der Waals surface area contributed by atoms with Crippen molar-refractivity contribution in [3.05, 3.63) is 77.3 Å². The van der Waals surface area contributed by atoms with Crippen molar-refractivity contribution < 1.29 is 19.7 Å². The number of β-amino-alcohol motifs (C(OH)–C–C–N with tert-alkyl or cyclic N) is 1. The third kappa shape index (κ3) is 6.26. The molecule has 0 radical (unpaired) electrons. The molecule has 1 fully saturated rings. The summed E-state index contributed by atoms with van der Waals surface area (Å²) < 4.78 is 13.7. The topological polar surface area (TPSA) is 80.0 Å². The van der Waals surface area contributed by atoms with Crippen LogP contribution in [0.25, 0.3) is 0 Å². The van der Waals surface area contributed by atoms with Crippen molar-refractivity contribution in [2.45, 2.75) is 38.1 Å². The van der Waals surface area contributed by atoms with E-state index in [1.165, 1.54) is 0 Å². The summed E-state index contributed by atoms with van der Waals surface area (Å²) in [6, 6.07) is 15.0. The van der Waals surface area contributed by atoms with Crippen LogP contribution in [-0.4, -0.2) is 62.7 Å². The van der Waals surface area contributed by atoms with E-state index in [0.717, 1.165) is 23.7 Å². The van der Waals surface area contributed by atoms with E-state index < -0.39 is 11.7 Å². The Kier molecular flexibility index (Phi) is 7.55. The van der Waals surface area contributed by atoms with E-state index in [1.54, 1.807) is 30.5 Å². The Morgan fingerprint density at radius 2 is 1.94 bits per heavy atom. The number of imidazole rings is 1. The minimum atomic E-state index is -1.36. The van der Waals surface area contributed by atoms with Crippen molar-refractivity contribution >= 4 is 11.6 Å². The number of aromatic nitrogens is 2. The molecule has 1 aliphatic rings. The number of aliphatic hydroxyl groups is 2. The van der Waals surface area contributed by atoms with Crippen LogP contribution in [0.2, 0.25) is 5.02 Å². The van der Waals surface area contributed by atoms with Gasteiger partial charge in [0, 0.05) is 37.1 Å². The molecule has 0 aliphatic carbocycles. The number of aryl methyl sites for hydroxylation is 1. The summed E-state index contributed by atoms with van der Waals surface area (Å²) in [5, 5.41) is 22.2. The molecule has 2 atom stereocenters. The number of halogens is 1. The Hall–Kier alpha value is -2.58. The van der Waals surface area contributed by atoms with Gasteiger partial charge in [-0.2, -0.15) is 0 Å². The first kappa shape index (κ1) is 23.6. The molecule has 176 valence electrons. The third-order valence-electron chi connectivity index (χ3n) is 5.95. The highest BCUT2D eigenvalue weighted by atomic mass is 35.5. The molecule has 0 bridgehead atoms. The smallest absolute Gasteiger partial charge is 0.137 e. The van der Waals surface area contributed by atoms with Gasteiger partial charge in [0.15, 0.2) is 0 Å². The number of ether oxygens (including phenoxy) is 2. The van der Waals surface area contributed by atoms with Gasteiger partial charge in [0.05, 0.1) is 12.6 Å². The Morgan fingerprint density at radius 1 is 1.15 bits per heavy atom. The summed E-state index contributed by atoms with van der Waals surface area (Å²) >= 11 is 6.01. The molecular weight excluding hydrogens is 442 g/mol. The maximum atomic E-state index is 11.1. The zero-order valence-corrected chi connectivity index (χ0v) is 19.5. The highest BCUT2D eigenvalue weighted by molar-refractivity contribution is 6.30. The molecule has 1 aliphatic heterocycles. The largest absolute Gasteiger partial charge is 0.492 e. The first-order valence-corrected chi connectivity index (χ1v) is 11.5. The molecule has 0 amide bonds. The molecule has 0 saturated carbocycles. The van der Waals surface area contributed by atoms with E-state index >= 15 is 0 Å². The molecule has 3 aromatic rings. The van der Waals surface area contributed by atoms with Gasteiger partial charge in [-0.3, -0.25) is 4.90 Å². The minimum Gasteiger partial charge on any atom is -0.492 e. The quantitative estimate of drug-likeness (QED) is 0.498. The fourth-order valence-corrected chi connectivity index (χ4v) is 4.26. The number of piperidine rings is 1. The Bertz CT molecular complexity index is 1060. The molecular formula is C25H30ClN3O4. The van der Waals surface area contributed by atoms with Gasteiger partial charge in [0.1, 0.15) is 36.1 Å². The van der Waals surface area contributed by atoms with Crippen molar-refractivity contribution in [2.75, 3.05) is 26.3 Å². The van der Waals surface area contributed by atoms with Crippen LogP contribution in [-0.2, 0) is 13.1 Å². The second kappa shape index (κ2) is 10.6. The van der Waals surface area contributed by atoms with Gasteiger partial charge in [-0.25, -0.2) is 4.98 Å². The minimum absolute atomic E-state index is 0.0121. The highest BCUT2D eigenvalue weighted by Crippen LogP contribution is 2.26. The van der Waals surface area contributed by atoms with Crippen molar-refractivity contribution in [3.63, 3.8) is 0 Å². The highest BCUT2D eigenvalue weighted by Gasteiger charge is 2.42. The molecule has 0 spiro atoms. The molecule has 7 nitrogen and oxygen atoms in total. The molecule has 0 unspecified atom stereocenters. The number of nitrogens with zero attached hydrogens (tertiary/aromatic N) is 3. The predicted octanol–water partition coefficient (Wildman–Crippen LogP) is 3.30. The summed E-state index contributed by atoms with van der Waals surface area (Å²) in [7, 11) is 0. The van der Waals surface area contributed by atoms with Crippen LogP contribution in [0.3, 0.4) is 0 Å². The molecule has 33 heavy (non-hydrogen) atoms. The number of hydrogen-bond acceptors (Lipinski definition) is 6. The molecule has 4 rings (SSSR count). The van der Waals surface area contributed by atoms with Crippen LogP contribution >= 0.6 is 11.6 Å². The van der Waals surface area contributed by atoms with Crippen molar-refractivity contribution in [1.82, 2.24) is 14.5 Å². The SMILES string of the molecule is Cc1nccn1CCOc1cccc(CN2CC[C@H](O)[C@@](O)(COc3cccc(Cl)c3)C2)c1. The van der Waals surface area contributed by atoms with E-state index in [4.69, 9.17) is 21.1 Å². The lowest BCUT2D eigenvalue weighted by molar-refractivity contribution is -0.140. The average molecular weight is 472 g/mol. The van der Waals surface area contributed by atoms with Gasteiger partial charge in [0.2, 0.25) is 0 Å². The van der Waals surface area contributed by atoms with Crippen LogP contribution in [0.4, 0.5) is 0 Å². The molecule has 2 aromatic carbocycles. The van der Waals surface area contributed by atoms with E-state index in [9.17, 15) is 10.2 Å². The third-order valence-corrected chi connectivity index (χ3v) is 6.19. The van der Waals surface area contributed by atoms with E-state index in [2.05, 4.69) is 14.5 Å². The van der Waals surface area contributed by atoms with Gasteiger partial charge in [-0.05, 0) is 49.2 Å². The normalized spacial score (nSPS) is 21.2. The predicted molar refractivity (Wildman–Crippen MR) is 127 cm³/mol. The molecule has 2 N–H and O–H groups in total. The summed E-state index contributed by atoms with van der Waals surface area (Å²) in [4.78, 5) is 6.35. The van der Waals surface area contributed by atoms with Gasteiger partial charge in [-0.15, -0.1) is 0 Å². The summed E-state index contributed by atoms with van der Waals surface area (Å²) in [5.74, 6) is 2.34. The lowest BCUT2D eigenvalue weighted by Gasteiger charge is -2.42. The number of aliphatic hydroxyl groups excluding tert-OH is 1. The van der Waals surface area contributed by atoms with Crippen LogP contribution in [0.15, 0.2) is 60.9 Å². The van der Waals surface area contributed by atoms with Crippen LogP contribution in [0.5, 0.6) is 11.5 Å². The number of likely N-dealkylation sites (tertiary alicyclic amines) is 1. The maximum Gasteiger partial charge on any atom is 0.137 e. The Morgan fingerprint density at radius 3 is 2.70 bits per heavy atom. The van der Waals surface area contributed by atoms with Crippen LogP contribution < -0.4 is 9.47 Å². The summed E-state index contributed by atoms with van der Waals surface area (Å²) in [5.41, 5.74) is -0.280. The van der Waals surface area contributed by atoms with Crippen LogP contribution in [0, 0.1) is 6.92 Å². The number of hydrogen-bond donors (Lipinski definition) is 2. The fraction of sp³-hybridized carbons (Fsp3) is 0.400. The van der Waals surface area contributed by atoms with Crippen LogP contribution in [0.1, 0.15) is 17.8 Å². The zero-order valence-electron chi connectivity index (χ0n) is 18.7. The molecule has 1 saturated heterocycles. The summed E-state index contributed by atoms with van der Waals surface area (Å²) in [6.45, 7) is 4.88. The summed E-state index contributed by atoms with van der Waals surface area (Å²) in [6.07, 6.45) is 3.34. The maximum absolute atomic E-state index is 11.1. The molecule has 2 heterocycles. The Labute approximate surface area is 199 Å². The number of rotatable bonds is 9. The van der Waals surface area contributed by atoms with Gasteiger partial charge < -0.3 is 24.3 Å². The first-order valence-electron chi connectivity index (χ1n) is 11.1. The second-order valence-electron chi connectivity index (χ2n) is 8.53. The van der Waals surface area contributed by atoms with E-state index in [-0.39, 0.29) is 6.61 Å². The average Bonchev–Trinajstić information content (AvgIpc) is 3.20. The van der Waals surface area contributed by atoms with Gasteiger partial charge in [-0.1, -0.05) is 29.8 Å². The first-order chi connectivity index (χ1) is 15.9. The van der Waals surface area contributed by atoms with Gasteiger partial charge in [0.25, 0.3) is 0 Å². The zero-order chi connectivity index (χ0) is 23.3. The number of benzene rings is 2. The fourth-order valence-electron chi connectivity index (χ4n) is 4.08. The van der Waals surface area contributed by atoms with Crippen molar-refractivity contribution in [3.8, 4) is 11.5 Å². The second-order valence-corrected chi connectivity index (χ2v) is 8.96. The Balaban J connectivity index is 1.32. The lowest BCUT2D eigenvalue weighted by Crippen LogP contribution is -2.59. The van der Waals surface area contributed by atoms with Crippen molar-refractivity contribution in [1.29, 1.82) is 0 Å². The van der Waals surface area contributed by atoms with Gasteiger partial charge >= 0.3 is 0 Å². The van der Waals surface area contributed by atoms with Crippen molar-refractivity contribution in [2.24, 2.45) is 0 Å².